The minimum absolute atomic E-state index is 0.107. The van der Waals surface area contributed by atoms with Gasteiger partial charge in [0.1, 0.15) is 0 Å². The van der Waals surface area contributed by atoms with E-state index in [1.165, 1.54) is 30.5 Å². The highest BCUT2D eigenvalue weighted by Crippen LogP contribution is 2.29. The predicted molar refractivity (Wildman–Crippen MR) is 67.4 cm³/mol. The Hall–Kier alpha value is -1.79. The van der Waals surface area contributed by atoms with Crippen LogP contribution in [-0.4, -0.2) is 21.0 Å². The lowest BCUT2D eigenvalue weighted by atomic mass is 10.2. The SMILES string of the molecule is O=C(O)c1ccc(Cl)cc1Sc1nccc(=O)[nH]1. The largest absolute Gasteiger partial charge is 0.478 e. The van der Waals surface area contributed by atoms with Gasteiger partial charge < -0.3 is 10.1 Å². The second-order valence-electron chi connectivity index (χ2n) is 3.29. The topological polar surface area (TPSA) is 83.0 Å². The molecule has 0 amide bonds. The quantitative estimate of drug-likeness (QED) is 0.844. The normalized spacial score (nSPS) is 10.3. The van der Waals surface area contributed by atoms with E-state index in [1.807, 2.05) is 0 Å². The van der Waals surface area contributed by atoms with Crippen molar-refractivity contribution in [3.05, 3.63) is 51.4 Å². The minimum Gasteiger partial charge on any atom is -0.478 e. The van der Waals surface area contributed by atoms with Crippen molar-refractivity contribution in [3.8, 4) is 0 Å². The van der Waals surface area contributed by atoms with E-state index in [9.17, 15) is 9.59 Å². The Morgan fingerprint density at radius 1 is 1.39 bits per heavy atom. The van der Waals surface area contributed by atoms with Crippen LogP contribution in [0.25, 0.3) is 0 Å². The first-order valence-corrected chi connectivity index (χ1v) is 6.02. The molecular weight excluding hydrogens is 276 g/mol. The van der Waals surface area contributed by atoms with Crippen molar-refractivity contribution >= 4 is 29.3 Å². The lowest BCUT2D eigenvalue weighted by Crippen LogP contribution is -2.06. The van der Waals surface area contributed by atoms with E-state index in [4.69, 9.17) is 16.7 Å². The summed E-state index contributed by atoms with van der Waals surface area (Å²) in [6.45, 7) is 0. The molecule has 0 fully saturated rings. The van der Waals surface area contributed by atoms with Gasteiger partial charge in [0.25, 0.3) is 5.56 Å². The Morgan fingerprint density at radius 3 is 2.83 bits per heavy atom. The van der Waals surface area contributed by atoms with Crippen molar-refractivity contribution in [2.45, 2.75) is 10.1 Å². The summed E-state index contributed by atoms with van der Waals surface area (Å²) in [5.41, 5.74) is -0.192. The molecule has 0 radical (unpaired) electrons. The van der Waals surface area contributed by atoms with Crippen LogP contribution >= 0.6 is 23.4 Å². The first-order valence-electron chi connectivity index (χ1n) is 4.82. The summed E-state index contributed by atoms with van der Waals surface area (Å²) < 4.78 is 0. The highest BCUT2D eigenvalue weighted by atomic mass is 35.5. The number of aromatic nitrogens is 2. The molecule has 5 nitrogen and oxygen atoms in total. The van der Waals surface area contributed by atoms with E-state index in [-0.39, 0.29) is 11.1 Å². The maximum atomic E-state index is 11.1. The van der Waals surface area contributed by atoms with Crippen LogP contribution in [0.2, 0.25) is 5.02 Å². The number of halogens is 1. The van der Waals surface area contributed by atoms with E-state index in [1.54, 1.807) is 0 Å². The minimum atomic E-state index is -1.06. The molecule has 0 aliphatic heterocycles. The third kappa shape index (κ3) is 2.91. The van der Waals surface area contributed by atoms with Crippen LogP contribution in [0, 0.1) is 0 Å². The molecule has 0 bridgehead atoms. The van der Waals surface area contributed by atoms with Crippen LogP contribution in [0.5, 0.6) is 0 Å². The molecule has 2 rings (SSSR count). The number of rotatable bonds is 3. The Balaban J connectivity index is 2.42. The molecule has 0 spiro atoms. The van der Waals surface area contributed by atoms with Gasteiger partial charge in [0.15, 0.2) is 5.16 Å². The zero-order valence-electron chi connectivity index (χ0n) is 8.88. The van der Waals surface area contributed by atoms with Crippen molar-refractivity contribution in [1.82, 2.24) is 9.97 Å². The third-order valence-corrected chi connectivity index (χ3v) is 3.22. The van der Waals surface area contributed by atoms with Crippen molar-refractivity contribution in [2.24, 2.45) is 0 Å². The number of carboxylic acid groups (broad SMARTS) is 1. The summed E-state index contributed by atoms with van der Waals surface area (Å²) >= 11 is 6.86. The number of hydrogen-bond acceptors (Lipinski definition) is 4. The van der Waals surface area contributed by atoms with Crippen LogP contribution in [0.15, 0.2) is 45.3 Å². The van der Waals surface area contributed by atoms with Gasteiger partial charge in [-0.3, -0.25) is 4.79 Å². The highest BCUT2D eigenvalue weighted by Gasteiger charge is 2.12. The number of carbonyl (C=O) groups is 1. The Kier molecular flexibility index (Phi) is 3.69. The number of benzene rings is 1. The predicted octanol–water partition coefficient (Wildman–Crippen LogP) is 2.27. The van der Waals surface area contributed by atoms with Crippen LogP contribution in [0.4, 0.5) is 0 Å². The number of hydrogen-bond donors (Lipinski definition) is 2. The number of carboxylic acids is 1. The third-order valence-electron chi connectivity index (χ3n) is 2.03. The smallest absolute Gasteiger partial charge is 0.336 e. The second-order valence-corrected chi connectivity index (χ2v) is 4.75. The maximum Gasteiger partial charge on any atom is 0.336 e. The number of H-pyrrole nitrogens is 1. The van der Waals surface area contributed by atoms with Crippen LogP contribution < -0.4 is 5.56 Å². The Morgan fingerprint density at radius 2 is 2.17 bits per heavy atom. The monoisotopic (exact) mass is 282 g/mol. The van der Waals surface area contributed by atoms with Crippen molar-refractivity contribution < 1.29 is 9.90 Å². The molecule has 0 unspecified atom stereocenters. The summed E-state index contributed by atoms with van der Waals surface area (Å²) in [4.78, 5) is 29.0. The molecule has 0 aliphatic carbocycles. The molecule has 0 aliphatic rings. The zero-order chi connectivity index (χ0) is 13.1. The zero-order valence-corrected chi connectivity index (χ0v) is 10.5. The Labute approximate surface area is 111 Å². The molecule has 92 valence electrons. The lowest BCUT2D eigenvalue weighted by molar-refractivity contribution is 0.0693. The summed E-state index contributed by atoms with van der Waals surface area (Å²) in [6, 6.07) is 5.70. The molecule has 0 atom stereocenters. The van der Waals surface area contributed by atoms with Gasteiger partial charge >= 0.3 is 5.97 Å². The van der Waals surface area contributed by atoms with E-state index in [2.05, 4.69) is 9.97 Å². The van der Waals surface area contributed by atoms with E-state index >= 15 is 0 Å². The first kappa shape index (κ1) is 12.7. The van der Waals surface area contributed by atoms with Crippen molar-refractivity contribution in [2.75, 3.05) is 0 Å². The molecule has 2 aromatic rings. The molecule has 18 heavy (non-hydrogen) atoms. The molecule has 1 heterocycles. The number of aromatic carboxylic acids is 1. The molecule has 0 saturated heterocycles. The Bertz CT molecular complexity index is 657. The summed E-state index contributed by atoms with van der Waals surface area (Å²) in [5.74, 6) is -1.06. The fourth-order valence-corrected chi connectivity index (χ4v) is 2.43. The molecule has 1 aromatic heterocycles. The van der Waals surface area contributed by atoms with Crippen molar-refractivity contribution in [3.63, 3.8) is 0 Å². The molecule has 1 aromatic carbocycles. The van der Waals surface area contributed by atoms with E-state index in [0.717, 1.165) is 11.8 Å². The van der Waals surface area contributed by atoms with Gasteiger partial charge in [-0.25, -0.2) is 9.78 Å². The summed E-state index contributed by atoms with van der Waals surface area (Å²) in [6.07, 6.45) is 1.35. The molecular formula is C11H7ClN2O3S. The lowest BCUT2D eigenvalue weighted by Gasteiger charge is -2.05. The molecule has 0 saturated carbocycles. The first-order chi connectivity index (χ1) is 8.56. The van der Waals surface area contributed by atoms with Gasteiger partial charge in [0.05, 0.1) is 5.56 Å². The van der Waals surface area contributed by atoms with E-state index < -0.39 is 5.97 Å². The summed E-state index contributed by atoms with van der Waals surface area (Å²) in [7, 11) is 0. The van der Waals surface area contributed by atoms with Crippen LogP contribution in [0.3, 0.4) is 0 Å². The summed E-state index contributed by atoms with van der Waals surface area (Å²) in [5, 5.41) is 9.77. The average Bonchev–Trinajstić information content (AvgIpc) is 2.28. The fourth-order valence-electron chi connectivity index (χ4n) is 1.27. The second kappa shape index (κ2) is 5.24. The van der Waals surface area contributed by atoms with Crippen LogP contribution in [-0.2, 0) is 0 Å². The van der Waals surface area contributed by atoms with Gasteiger partial charge in [0, 0.05) is 22.2 Å². The van der Waals surface area contributed by atoms with Gasteiger partial charge in [-0.05, 0) is 18.2 Å². The van der Waals surface area contributed by atoms with Gasteiger partial charge in [-0.1, -0.05) is 23.4 Å². The van der Waals surface area contributed by atoms with Gasteiger partial charge in [-0.2, -0.15) is 0 Å². The number of nitrogens with one attached hydrogen (secondary N) is 1. The fraction of sp³-hybridized carbons (Fsp3) is 0. The highest BCUT2D eigenvalue weighted by molar-refractivity contribution is 7.99. The number of aromatic amines is 1. The molecule has 7 heteroatoms. The van der Waals surface area contributed by atoms with Gasteiger partial charge in [-0.15, -0.1) is 0 Å². The average molecular weight is 283 g/mol. The standard InChI is InChI=1S/C11H7ClN2O3S/c12-6-1-2-7(10(16)17)8(5-6)18-11-13-4-3-9(15)14-11/h1-5H,(H,16,17)(H,13,14,15). The molecule has 2 N–H and O–H groups in total. The van der Waals surface area contributed by atoms with E-state index in [0.29, 0.717) is 15.1 Å². The number of nitrogens with zero attached hydrogens (tertiary/aromatic N) is 1. The maximum absolute atomic E-state index is 11.1. The van der Waals surface area contributed by atoms with Crippen LogP contribution in [0.1, 0.15) is 10.4 Å². The van der Waals surface area contributed by atoms with Gasteiger partial charge in [0.2, 0.25) is 0 Å². The van der Waals surface area contributed by atoms with Crippen molar-refractivity contribution in [1.29, 1.82) is 0 Å².